The molecule has 0 saturated heterocycles. The maximum atomic E-state index is 11.3. The van der Waals surface area contributed by atoms with E-state index in [1.165, 1.54) is 38.3 Å². The third kappa shape index (κ3) is 2.88. The van der Waals surface area contributed by atoms with Crippen LogP contribution in [0.15, 0.2) is 12.3 Å². The summed E-state index contributed by atoms with van der Waals surface area (Å²) in [5.41, 5.74) is 5.84. The Morgan fingerprint density at radius 1 is 1.46 bits per heavy atom. The number of carbonyl (C=O) groups excluding carboxylic acids is 1. The second-order valence-electron chi connectivity index (χ2n) is 6.99. The number of nitrogens with two attached hydrogens (primary N) is 1. The molecular formula is C18H26ClN3O2. The molecule has 0 aliphatic heterocycles. The molecule has 24 heavy (non-hydrogen) atoms. The van der Waals surface area contributed by atoms with Crippen LogP contribution in [0.1, 0.15) is 55.8 Å². The largest absolute Gasteiger partial charge is 0.378 e. The Morgan fingerprint density at radius 2 is 2.17 bits per heavy atom. The molecule has 2 unspecified atom stereocenters. The van der Waals surface area contributed by atoms with E-state index in [9.17, 15) is 4.79 Å². The Morgan fingerprint density at radius 3 is 2.75 bits per heavy atom. The standard InChI is InChI=1S/C18H26ClN3O2/c1-3-24-15-10-14(18(15)7-5-4-6-8-18)22(2)17-13(19)9-12(11-21-17)16(20)23/h9,11,14-15H,3-8,10H2,1-2H3,(H2,20,23). The molecule has 0 radical (unpaired) electrons. The van der Waals surface area contributed by atoms with E-state index in [4.69, 9.17) is 22.1 Å². The van der Waals surface area contributed by atoms with Crippen LogP contribution in [0.4, 0.5) is 5.82 Å². The normalized spacial score (nSPS) is 25.3. The van der Waals surface area contributed by atoms with Crippen LogP contribution in [0.25, 0.3) is 0 Å². The molecule has 1 amide bonds. The lowest BCUT2D eigenvalue weighted by Gasteiger charge is -2.60. The number of primary amides is 1. The number of aromatic nitrogens is 1. The van der Waals surface area contributed by atoms with E-state index in [1.54, 1.807) is 6.07 Å². The highest BCUT2D eigenvalue weighted by Gasteiger charge is 2.57. The monoisotopic (exact) mass is 351 g/mol. The zero-order valence-electron chi connectivity index (χ0n) is 14.4. The summed E-state index contributed by atoms with van der Waals surface area (Å²) >= 11 is 6.38. The average molecular weight is 352 g/mol. The van der Waals surface area contributed by atoms with Gasteiger partial charge in [-0.1, -0.05) is 30.9 Å². The number of anilines is 1. The molecule has 2 N–H and O–H groups in total. The van der Waals surface area contributed by atoms with Gasteiger partial charge in [-0.3, -0.25) is 4.79 Å². The first-order valence-electron chi connectivity index (χ1n) is 8.79. The van der Waals surface area contributed by atoms with Crippen molar-refractivity contribution in [1.82, 2.24) is 4.98 Å². The lowest BCUT2D eigenvalue weighted by Crippen LogP contribution is -2.65. The number of hydrogen-bond acceptors (Lipinski definition) is 4. The van der Waals surface area contributed by atoms with Crippen molar-refractivity contribution in [1.29, 1.82) is 0 Å². The van der Waals surface area contributed by atoms with Crippen molar-refractivity contribution in [3.05, 3.63) is 22.8 Å². The molecule has 0 bridgehead atoms. The first kappa shape index (κ1) is 17.5. The summed E-state index contributed by atoms with van der Waals surface area (Å²) in [6, 6.07) is 1.98. The molecule has 1 heterocycles. The number of hydrogen-bond donors (Lipinski definition) is 1. The average Bonchev–Trinajstić information content (AvgIpc) is 2.58. The van der Waals surface area contributed by atoms with Crippen LogP contribution >= 0.6 is 11.6 Å². The highest BCUT2D eigenvalue weighted by molar-refractivity contribution is 6.33. The molecule has 3 rings (SSSR count). The minimum atomic E-state index is -0.512. The van der Waals surface area contributed by atoms with E-state index in [0.717, 1.165) is 13.0 Å². The molecular weight excluding hydrogens is 326 g/mol. The zero-order valence-corrected chi connectivity index (χ0v) is 15.2. The van der Waals surface area contributed by atoms with Crippen LogP contribution in [0, 0.1) is 5.41 Å². The van der Waals surface area contributed by atoms with Crippen LogP contribution in [0.5, 0.6) is 0 Å². The number of ether oxygens (including phenoxy) is 1. The van der Waals surface area contributed by atoms with Gasteiger partial charge in [0.25, 0.3) is 0 Å². The van der Waals surface area contributed by atoms with Gasteiger partial charge >= 0.3 is 0 Å². The number of amides is 1. The molecule has 6 heteroatoms. The van der Waals surface area contributed by atoms with Crippen LogP contribution < -0.4 is 10.6 Å². The molecule has 2 fully saturated rings. The Kier molecular flexibility index (Phi) is 5.02. The summed E-state index contributed by atoms with van der Waals surface area (Å²) in [4.78, 5) is 17.9. The van der Waals surface area contributed by atoms with Crippen molar-refractivity contribution >= 4 is 23.3 Å². The number of nitrogens with zero attached hydrogens (tertiary/aromatic N) is 2. The van der Waals surface area contributed by atoms with Gasteiger partial charge in [-0.2, -0.15) is 0 Å². The number of pyridine rings is 1. The van der Waals surface area contributed by atoms with Gasteiger partial charge in [0.2, 0.25) is 5.91 Å². The molecule has 5 nitrogen and oxygen atoms in total. The van der Waals surface area contributed by atoms with Gasteiger partial charge in [0.1, 0.15) is 5.82 Å². The van der Waals surface area contributed by atoms with E-state index >= 15 is 0 Å². The molecule has 2 aliphatic carbocycles. The molecule has 1 aromatic rings. The second-order valence-corrected chi connectivity index (χ2v) is 7.40. The minimum absolute atomic E-state index is 0.205. The highest BCUT2D eigenvalue weighted by atomic mass is 35.5. The predicted octanol–water partition coefficient (Wildman–Crippen LogP) is 3.40. The SMILES string of the molecule is CCOC1CC(N(C)c2ncc(C(N)=O)cc2Cl)C12CCCCC2. The van der Waals surface area contributed by atoms with Crippen molar-refractivity contribution in [3.63, 3.8) is 0 Å². The summed E-state index contributed by atoms with van der Waals surface area (Å²) in [5.74, 6) is 0.203. The van der Waals surface area contributed by atoms with Gasteiger partial charge in [0, 0.05) is 31.3 Å². The first-order valence-corrected chi connectivity index (χ1v) is 9.17. The Balaban J connectivity index is 1.84. The summed E-state index contributed by atoms with van der Waals surface area (Å²) in [7, 11) is 2.04. The Bertz CT molecular complexity index is 616. The maximum absolute atomic E-state index is 11.3. The van der Waals surface area contributed by atoms with Gasteiger partial charge in [0.05, 0.1) is 16.7 Å². The van der Waals surface area contributed by atoms with E-state index in [0.29, 0.717) is 28.5 Å². The summed E-state index contributed by atoms with van der Waals surface area (Å²) in [6.07, 6.45) is 9.06. The first-order chi connectivity index (χ1) is 11.5. The fourth-order valence-electron chi connectivity index (χ4n) is 4.54. The molecule has 2 atom stereocenters. The van der Waals surface area contributed by atoms with Gasteiger partial charge < -0.3 is 15.4 Å². The Labute approximate surface area is 148 Å². The fraction of sp³-hybridized carbons (Fsp3) is 0.667. The van der Waals surface area contributed by atoms with Gasteiger partial charge in [-0.05, 0) is 32.3 Å². The number of halogens is 1. The van der Waals surface area contributed by atoms with E-state index in [2.05, 4.69) is 16.8 Å². The Hall–Kier alpha value is -1.33. The second kappa shape index (κ2) is 6.89. The molecule has 132 valence electrons. The smallest absolute Gasteiger partial charge is 0.250 e. The van der Waals surface area contributed by atoms with Crippen LogP contribution in [-0.4, -0.2) is 36.7 Å². The van der Waals surface area contributed by atoms with Crippen molar-refractivity contribution < 1.29 is 9.53 Å². The molecule has 2 aliphatic rings. The fourth-order valence-corrected chi connectivity index (χ4v) is 4.84. The van der Waals surface area contributed by atoms with Crippen molar-refractivity contribution in [3.8, 4) is 0 Å². The third-order valence-electron chi connectivity index (χ3n) is 5.80. The maximum Gasteiger partial charge on any atom is 0.250 e. The summed E-state index contributed by atoms with van der Waals surface area (Å²) in [5, 5.41) is 0.472. The quantitative estimate of drug-likeness (QED) is 0.882. The van der Waals surface area contributed by atoms with Crippen LogP contribution in [0.3, 0.4) is 0 Å². The van der Waals surface area contributed by atoms with Crippen molar-refractivity contribution in [2.24, 2.45) is 11.1 Å². The zero-order chi connectivity index (χ0) is 17.3. The van der Waals surface area contributed by atoms with Gasteiger partial charge in [-0.25, -0.2) is 4.98 Å². The van der Waals surface area contributed by atoms with Crippen molar-refractivity contribution in [2.45, 2.75) is 57.6 Å². The van der Waals surface area contributed by atoms with E-state index in [-0.39, 0.29) is 5.41 Å². The van der Waals surface area contributed by atoms with Crippen LogP contribution in [-0.2, 0) is 4.74 Å². The number of carbonyl (C=O) groups is 1. The van der Waals surface area contributed by atoms with Gasteiger partial charge in [0.15, 0.2) is 0 Å². The molecule has 2 saturated carbocycles. The topological polar surface area (TPSA) is 68.4 Å². The lowest BCUT2D eigenvalue weighted by atomic mass is 9.54. The summed E-state index contributed by atoms with van der Waals surface area (Å²) in [6.45, 7) is 2.82. The van der Waals surface area contributed by atoms with Crippen LogP contribution in [0.2, 0.25) is 5.02 Å². The number of rotatable bonds is 5. The summed E-state index contributed by atoms with van der Waals surface area (Å²) < 4.78 is 6.03. The highest BCUT2D eigenvalue weighted by Crippen LogP contribution is 2.55. The van der Waals surface area contributed by atoms with Crippen molar-refractivity contribution in [2.75, 3.05) is 18.6 Å². The van der Waals surface area contributed by atoms with E-state index in [1.807, 2.05) is 7.05 Å². The molecule has 1 aromatic heterocycles. The predicted molar refractivity (Wildman–Crippen MR) is 95.5 cm³/mol. The van der Waals surface area contributed by atoms with E-state index < -0.39 is 5.91 Å². The third-order valence-corrected chi connectivity index (χ3v) is 6.08. The molecule has 0 aromatic carbocycles. The minimum Gasteiger partial charge on any atom is -0.378 e. The van der Waals surface area contributed by atoms with Gasteiger partial charge in [-0.15, -0.1) is 0 Å². The molecule has 1 spiro atoms. The lowest BCUT2D eigenvalue weighted by molar-refractivity contribution is -0.141.